The zero-order chi connectivity index (χ0) is 12.1. The van der Waals surface area contributed by atoms with Gasteiger partial charge in [0.05, 0.1) is 11.2 Å². The zero-order valence-corrected chi connectivity index (χ0v) is 11.7. The van der Waals surface area contributed by atoms with Crippen molar-refractivity contribution >= 4 is 11.3 Å². The second-order valence-electron chi connectivity index (χ2n) is 4.84. The first-order chi connectivity index (χ1) is 8.29. The molecular weight excluding hydrogens is 230 g/mol. The monoisotopic (exact) mass is 253 g/mol. The number of aromatic nitrogens is 1. The van der Waals surface area contributed by atoms with Crippen LogP contribution in [-0.2, 0) is 6.54 Å². The van der Waals surface area contributed by atoms with E-state index in [4.69, 9.17) is 0 Å². The molecule has 3 nitrogen and oxygen atoms in total. The Kier molecular flexibility index (Phi) is 4.95. The standard InChI is InChI=1S/C13H23N3S/c1-3-16(8-12-6-4-5-7-14-12)9-13-11(2)15-10-17-13/h10,12,14H,3-9H2,1-2H3. The molecule has 1 saturated heterocycles. The zero-order valence-electron chi connectivity index (χ0n) is 10.9. The number of likely N-dealkylation sites (N-methyl/N-ethyl adjacent to an activating group) is 1. The van der Waals surface area contributed by atoms with Crippen molar-refractivity contribution in [1.82, 2.24) is 15.2 Å². The molecule has 0 bridgehead atoms. The van der Waals surface area contributed by atoms with Crippen molar-refractivity contribution in [3.8, 4) is 0 Å². The Morgan fingerprint density at radius 1 is 1.53 bits per heavy atom. The van der Waals surface area contributed by atoms with Gasteiger partial charge < -0.3 is 5.32 Å². The van der Waals surface area contributed by atoms with Gasteiger partial charge >= 0.3 is 0 Å². The molecule has 0 aromatic carbocycles. The lowest BCUT2D eigenvalue weighted by atomic mass is 10.0. The van der Waals surface area contributed by atoms with Gasteiger partial charge in [0, 0.05) is 24.0 Å². The molecule has 1 N–H and O–H groups in total. The van der Waals surface area contributed by atoms with Gasteiger partial charge in [-0.25, -0.2) is 4.98 Å². The van der Waals surface area contributed by atoms with Crippen LogP contribution in [0.4, 0.5) is 0 Å². The second kappa shape index (κ2) is 6.47. The van der Waals surface area contributed by atoms with Crippen molar-refractivity contribution in [2.45, 2.75) is 45.7 Å². The molecule has 1 aromatic rings. The maximum absolute atomic E-state index is 4.33. The van der Waals surface area contributed by atoms with Crippen LogP contribution in [0.25, 0.3) is 0 Å². The van der Waals surface area contributed by atoms with Crippen LogP contribution in [0.5, 0.6) is 0 Å². The first-order valence-electron chi connectivity index (χ1n) is 6.64. The molecule has 1 atom stereocenters. The number of hydrogen-bond acceptors (Lipinski definition) is 4. The largest absolute Gasteiger partial charge is 0.313 e. The molecule has 1 fully saturated rings. The highest BCUT2D eigenvalue weighted by Crippen LogP contribution is 2.16. The highest BCUT2D eigenvalue weighted by atomic mass is 32.1. The van der Waals surface area contributed by atoms with Crippen LogP contribution >= 0.6 is 11.3 Å². The molecule has 0 amide bonds. The quantitative estimate of drug-likeness (QED) is 0.873. The third-order valence-electron chi connectivity index (χ3n) is 3.55. The minimum Gasteiger partial charge on any atom is -0.313 e. The van der Waals surface area contributed by atoms with Crippen molar-refractivity contribution in [2.24, 2.45) is 0 Å². The Labute approximate surface area is 108 Å². The van der Waals surface area contributed by atoms with Gasteiger partial charge in [-0.15, -0.1) is 11.3 Å². The highest BCUT2D eigenvalue weighted by molar-refractivity contribution is 7.09. The summed E-state index contributed by atoms with van der Waals surface area (Å²) in [5, 5.41) is 3.62. The molecule has 0 saturated carbocycles. The van der Waals surface area contributed by atoms with Crippen LogP contribution in [0.3, 0.4) is 0 Å². The number of nitrogens with one attached hydrogen (secondary N) is 1. The number of hydrogen-bond donors (Lipinski definition) is 1. The molecule has 2 rings (SSSR count). The lowest BCUT2D eigenvalue weighted by Crippen LogP contribution is -2.43. The minimum atomic E-state index is 0.692. The van der Waals surface area contributed by atoms with Crippen molar-refractivity contribution < 1.29 is 0 Å². The van der Waals surface area contributed by atoms with E-state index in [1.54, 1.807) is 11.3 Å². The molecule has 96 valence electrons. The summed E-state index contributed by atoms with van der Waals surface area (Å²) in [6, 6.07) is 0.692. The Bertz CT molecular complexity index is 331. The molecule has 4 heteroatoms. The molecule has 0 spiro atoms. The number of rotatable bonds is 5. The Balaban J connectivity index is 1.85. The van der Waals surface area contributed by atoms with E-state index in [1.807, 2.05) is 5.51 Å². The van der Waals surface area contributed by atoms with E-state index in [9.17, 15) is 0 Å². The van der Waals surface area contributed by atoms with Crippen LogP contribution < -0.4 is 5.32 Å². The fourth-order valence-electron chi connectivity index (χ4n) is 2.38. The Morgan fingerprint density at radius 2 is 2.41 bits per heavy atom. The number of thiazole rings is 1. The second-order valence-corrected chi connectivity index (χ2v) is 5.77. The van der Waals surface area contributed by atoms with Crippen molar-refractivity contribution in [3.05, 3.63) is 16.1 Å². The summed E-state index contributed by atoms with van der Waals surface area (Å²) < 4.78 is 0. The molecule has 0 radical (unpaired) electrons. The van der Waals surface area contributed by atoms with Gasteiger partial charge in [0.15, 0.2) is 0 Å². The van der Waals surface area contributed by atoms with Crippen molar-refractivity contribution in [2.75, 3.05) is 19.6 Å². The van der Waals surface area contributed by atoms with E-state index < -0.39 is 0 Å². The van der Waals surface area contributed by atoms with Gasteiger partial charge in [-0.2, -0.15) is 0 Å². The van der Waals surface area contributed by atoms with Crippen LogP contribution in [0.15, 0.2) is 5.51 Å². The van der Waals surface area contributed by atoms with E-state index in [0.717, 1.165) is 13.1 Å². The Morgan fingerprint density at radius 3 is 3.00 bits per heavy atom. The van der Waals surface area contributed by atoms with E-state index >= 15 is 0 Å². The molecule has 1 aliphatic rings. The molecular formula is C13H23N3S. The SMILES string of the molecule is CCN(Cc1scnc1C)CC1CCCCN1. The summed E-state index contributed by atoms with van der Waals surface area (Å²) in [7, 11) is 0. The van der Waals surface area contributed by atoms with Gasteiger partial charge in [0.2, 0.25) is 0 Å². The van der Waals surface area contributed by atoms with Gasteiger partial charge in [0.1, 0.15) is 0 Å². The maximum Gasteiger partial charge on any atom is 0.0798 e. The summed E-state index contributed by atoms with van der Waals surface area (Å²) in [4.78, 5) is 8.28. The topological polar surface area (TPSA) is 28.2 Å². The van der Waals surface area contributed by atoms with Gasteiger partial charge in [-0.05, 0) is 32.9 Å². The molecule has 2 heterocycles. The normalized spacial score (nSPS) is 21.0. The van der Waals surface area contributed by atoms with Crippen LogP contribution in [0.2, 0.25) is 0 Å². The van der Waals surface area contributed by atoms with E-state index in [0.29, 0.717) is 6.04 Å². The summed E-state index contributed by atoms with van der Waals surface area (Å²) in [6.07, 6.45) is 4.06. The summed E-state index contributed by atoms with van der Waals surface area (Å²) in [5.74, 6) is 0. The summed E-state index contributed by atoms with van der Waals surface area (Å²) >= 11 is 1.78. The fraction of sp³-hybridized carbons (Fsp3) is 0.769. The maximum atomic E-state index is 4.33. The average Bonchev–Trinajstić information content (AvgIpc) is 2.75. The van der Waals surface area contributed by atoms with E-state index in [1.165, 1.54) is 42.9 Å². The van der Waals surface area contributed by atoms with Gasteiger partial charge in [-0.1, -0.05) is 13.3 Å². The predicted octanol–water partition coefficient (Wildman–Crippen LogP) is 2.42. The van der Waals surface area contributed by atoms with Crippen LogP contribution in [-0.4, -0.2) is 35.6 Å². The summed E-state index contributed by atoms with van der Waals surface area (Å²) in [5.41, 5.74) is 3.15. The number of piperidine rings is 1. The van der Waals surface area contributed by atoms with E-state index in [2.05, 4.69) is 29.0 Å². The highest BCUT2D eigenvalue weighted by Gasteiger charge is 2.16. The lowest BCUT2D eigenvalue weighted by Gasteiger charge is -2.29. The number of nitrogens with zero attached hydrogens (tertiary/aromatic N) is 2. The lowest BCUT2D eigenvalue weighted by molar-refractivity contribution is 0.227. The van der Waals surface area contributed by atoms with E-state index in [-0.39, 0.29) is 0 Å². The fourth-order valence-corrected chi connectivity index (χ4v) is 3.20. The molecule has 1 aliphatic heterocycles. The third-order valence-corrected chi connectivity index (χ3v) is 4.47. The molecule has 0 aliphatic carbocycles. The summed E-state index contributed by atoms with van der Waals surface area (Å²) in [6.45, 7) is 8.91. The Hall–Kier alpha value is -0.450. The molecule has 1 aromatic heterocycles. The molecule has 1 unspecified atom stereocenters. The van der Waals surface area contributed by atoms with Gasteiger partial charge in [-0.3, -0.25) is 4.90 Å². The first-order valence-corrected chi connectivity index (χ1v) is 7.52. The average molecular weight is 253 g/mol. The van der Waals surface area contributed by atoms with Crippen molar-refractivity contribution in [3.63, 3.8) is 0 Å². The first kappa shape index (κ1) is 13.0. The number of aryl methyl sites for hydroxylation is 1. The van der Waals surface area contributed by atoms with Crippen LogP contribution in [0, 0.1) is 6.92 Å². The minimum absolute atomic E-state index is 0.692. The van der Waals surface area contributed by atoms with Gasteiger partial charge in [0.25, 0.3) is 0 Å². The smallest absolute Gasteiger partial charge is 0.0798 e. The van der Waals surface area contributed by atoms with Crippen molar-refractivity contribution in [1.29, 1.82) is 0 Å². The predicted molar refractivity (Wildman–Crippen MR) is 73.4 cm³/mol. The molecule has 17 heavy (non-hydrogen) atoms. The third kappa shape index (κ3) is 3.76. The van der Waals surface area contributed by atoms with Crippen LogP contribution in [0.1, 0.15) is 36.8 Å².